The molecular weight excluding hydrogens is 278 g/mol. The molecule has 22 heavy (non-hydrogen) atoms. The highest BCUT2D eigenvalue weighted by Crippen LogP contribution is 2.13. The molecule has 0 aromatic carbocycles. The van der Waals surface area contributed by atoms with E-state index in [4.69, 9.17) is 9.47 Å². The third-order valence-electron chi connectivity index (χ3n) is 4.29. The first kappa shape index (κ1) is 19.4. The van der Waals surface area contributed by atoms with Gasteiger partial charge in [0.25, 0.3) is 0 Å². The molecule has 0 amide bonds. The minimum atomic E-state index is -0.0895. The Morgan fingerprint density at radius 2 is 1.73 bits per heavy atom. The largest absolute Gasteiger partial charge is 0.464 e. The molecule has 130 valence electrons. The fraction of sp³-hybridized carbons (Fsp3) is 0.944. The van der Waals surface area contributed by atoms with Gasteiger partial charge in [0, 0.05) is 13.1 Å². The van der Waals surface area contributed by atoms with Crippen molar-refractivity contribution < 1.29 is 14.3 Å². The lowest BCUT2D eigenvalue weighted by Crippen LogP contribution is -2.40. The smallest absolute Gasteiger partial charge is 0.320 e. The van der Waals surface area contributed by atoms with E-state index in [2.05, 4.69) is 18.7 Å². The first-order valence-corrected chi connectivity index (χ1v) is 9.18. The van der Waals surface area contributed by atoms with Gasteiger partial charge in [0.15, 0.2) is 0 Å². The summed E-state index contributed by atoms with van der Waals surface area (Å²) in [5.41, 5.74) is 0. The Balaban J connectivity index is 1.93. The molecule has 0 N–H and O–H groups in total. The van der Waals surface area contributed by atoms with E-state index in [1.54, 1.807) is 0 Å². The van der Waals surface area contributed by atoms with Gasteiger partial charge in [0.1, 0.15) is 0 Å². The molecular formula is C18H35NO3. The lowest BCUT2D eigenvalue weighted by atomic mass is 10.0. The van der Waals surface area contributed by atoms with Crippen molar-refractivity contribution in [2.45, 2.75) is 65.2 Å². The Bertz CT molecular complexity index is 278. The Hall–Kier alpha value is -0.610. The normalized spacial score (nSPS) is 17.4. The van der Waals surface area contributed by atoms with Gasteiger partial charge in [-0.05, 0) is 12.3 Å². The summed E-state index contributed by atoms with van der Waals surface area (Å²) in [6.07, 6.45) is 10.5. The minimum absolute atomic E-state index is 0.0895. The molecule has 0 saturated carbocycles. The molecule has 1 rings (SSSR count). The van der Waals surface area contributed by atoms with Crippen LogP contribution in [-0.4, -0.2) is 50.3 Å². The van der Waals surface area contributed by atoms with Crippen LogP contribution in [0.3, 0.4) is 0 Å². The molecule has 1 heterocycles. The average molecular weight is 313 g/mol. The van der Waals surface area contributed by atoms with Crippen LogP contribution in [-0.2, 0) is 14.3 Å². The van der Waals surface area contributed by atoms with Gasteiger partial charge < -0.3 is 9.47 Å². The second-order valence-corrected chi connectivity index (χ2v) is 6.59. The number of hydrogen-bond acceptors (Lipinski definition) is 4. The first-order chi connectivity index (χ1) is 10.7. The molecule has 1 fully saturated rings. The summed E-state index contributed by atoms with van der Waals surface area (Å²) in [6.45, 7) is 8.53. The van der Waals surface area contributed by atoms with Crippen molar-refractivity contribution in [1.82, 2.24) is 4.90 Å². The van der Waals surface area contributed by atoms with Crippen LogP contribution in [0.25, 0.3) is 0 Å². The van der Waals surface area contributed by atoms with Gasteiger partial charge in [-0.15, -0.1) is 0 Å². The molecule has 0 spiro atoms. The van der Waals surface area contributed by atoms with Gasteiger partial charge in [0.05, 0.1) is 26.4 Å². The van der Waals surface area contributed by atoms with Gasteiger partial charge in [-0.25, -0.2) is 0 Å². The topological polar surface area (TPSA) is 38.8 Å². The lowest BCUT2D eigenvalue weighted by Gasteiger charge is -2.25. The monoisotopic (exact) mass is 313 g/mol. The molecule has 4 heteroatoms. The number of morpholine rings is 1. The summed E-state index contributed by atoms with van der Waals surface area (Å²) in [6, 6.07) is 0. The maximum atomic E-state index is 11.8. The van der Waals surface area contributed by atoms with Gasteiger partial charge in [-0.3, -0.25) is 9.69 Å². The highest BCUT2D eigenvalue weighted by atomic mass is 16.5. The molecule has 0 bridgehead atoms. The standard InChI is InChI=1S/C18H35NO3/c1-3-4-5-6-7-8-9-10-17(2)16-22-18(20)15-19-11-13-21-14-12-19/h17H,3-16H2,1-2H3. The Labute approximate surface area is 136 Å². The molecule has 4 nitrogen and oxygen atoms in total. The zero-order valence-corrected chi connectivity index (χ0v) is 14.6. The van der Waals surface area contributed by atoms with Crippen LogP contribution >= 0.6 is 0 Å². The number of unbranched alkanes of at least 4 members (excludes halogenated alkanes) is 6. The second kappa shape index (κ2) is 12.9. The molecule has 1 atom stereocenters. The lowest BCUT2D eigenvalue weighted by molar-refractivity contribution is -0.147. The summed E-state index contributed by atoms with van der Waals surface area (Å²) in [5.74, 6) is 0.387. The highest BCUT2D eigenvalue weighted by Gasteiger charge is 2.15. The number of esters is 1. The van der Waals surface area contributed by atoms with Crippen LogP contribution in [0.5, 0.6) is 0 Å². The summed E-state index contributed by atoms with van der Waals surface area (Å²) < 4.78 is 10.7. The van der Waals surface area contributed by atoms with E-state index < -0.39 is 0 Å². The van der Waals surface area contributed by atoms with Crippen LogP contribution in [0.1, 0.15) is 65.2 Å². The van der Waals surface area contributed by atoms with Crippen LogP contribution in [0.15, 0.2) is 0 Å². The SMILES string of the molecule is CCCCCCCCCC(C)COC(=O)CN1CCOCC1. The number of nitrogens with zero attached hydrogens (tertiary/aromatic N) is 1. The third kappa shape index (κ3) is 10.2. The first-order valence-electron chi connectivity index (χ1n) is 9.18. The van der Waals surface area contributed by atoms with E-state index in [1.807, 2.05) is 0 Å². The van der Waals surface area contributed by atoms with Gasteiger partial charge >= 0.3 is 5.97 Å². The van der Waals surface area contributed by atoms with Crippen LogP contribution in [0.4, 0.5) is 0 Å². The number of carbonyl (C=O) groups is 1. The van der Waals surface area contributed by atoms with E-state index in [1.165, 1.54) is 51.4 Å². The van der Waals surface area contributed by atoms with Crippen LogP contribution < -0.4 is 0 Å². The fourth-order valence-electron chi connectivity index (χ4n) is 2.76. The minimum Gasteiger partial charge on any atom is -0.464 e. The third-order valence-corrected chi connectivity index (χ3v) is 4.29. The van der Waals surface area contributed by atoms with E-state index in [-0.39, 0.29) is 5.97 Å². The number of rotatable bonds is 12. The number of carbonyl (C=O) groups excluding carboxylic acids is 1. The fourth-order valence-corrected chi connectivity index (χ4v) is 2.76. The van der Waals surface area contributed by atoms with E-state index >= 15 is 0 Å². The zero-order chi connectivity index (χ0) is 16.0. The van der Waals surface area contributed by atoms with Crippen LogP contribution in [0, 0.1) is 5.92 Å². The van der Waals surface area contributed by atoms with Crippen molar-refractivity contribution in [2.24, 2.45) is 5.92 Å². The summed E-state index contributed by atoms with van der Waals surface area (Å²) in [4.78, 5) is 13.9. The quantitative estimate of drug-likeness (QED) is 0.407. The molecule has 0 aliphatic carbocycles. The van der Waals surface area contributed by atoms with E-state index in [9.17, 15) is 4.79 Å². The molecule has 1 saturated heterocycles. The molecule has 1 unspecified atom stereocenters. The Kier molecular flexibility index (Phi) is 11.4. The summed E-state index contributed by atoms with van der Waals surface area (Å²) >= 11 is 0. The second-order valence-electron chi connectivity index (χ2n) is 6.59. The average Bonchev–Trinajstić information content (AvgIpc) is 2.53. The zero-order valence-electron chi connectivity index (χ0n) is 14.6. The molecule has 0 aromatic heterocycles. The summed E-state index contributed by atoms with van der Waals surface area (Å²) in [7, 11) is 0. The number of ether oxygens (including phenoxy) is 2. The summed E-state index contributed by atoms with van der Waals surface area (Å²) in [5, 5.41) is 0. The Morgan fingerprint density at radius 3 is 2.41 bits per heavy atom. The molecule has 0 radical (unpaired) electrons. The van der Waals surface area contributed by atoms with Crippen molar-refractivity contribution in [3.63, 3.8) is 0 Å². The molecule has 1 aliphatic heterocycles. The van der Waals surface area contributed by atoms with Crippen molar-refractivity contribution >= 4 is 5.97 Å². The van der Waals surface area contributed by atoms with E-state index in [0.29, 0.717) is 19.1 Å². The molecule has 1 aliphatic rings. The van der Waals surface area contributed by atoms with Gasteiger partial charge in [-0.2, -0.15) is 0 Å². The number of hydrogen-bond donors (Lipinski definition) is 0. The maximum Gasteiger partial charge on any atom is 0.320 e. The van der Waals surface area contributed by atoms with Gasteiger partial charge in [0.2, 0.25) is 0 Å². The maximum absolute atomic E-state index is 11.8. The molecule has 0 aromatic rings. The van der Waals surface area contributed by atoms with Crippen molar-refractivity contribution in [1.29, 1.82) is 0 Å². The van der Waals surface area contributed by atoms with Crippen LogP contribution in [0.2, 0.25) is 0 Å². The Morgan fingerprint density at radius 1 is 1.09 bits per heavy atom. The van der Waals surface area contributed by atoms with Gasteiger partial charge in [-0.1, -0.05) is 58.8 Å². The van der Waals surface area contributed by atoms with E-state index in [0.717, 1.165) is 26.3 Å². The predicted molar refractivity (Wildman–Crippen MR) is 90.0 cm³/mol. The van der Waals surface area contributed by atoms with Crippen molar-refractivity contribution in [3.8, 4) is 0 Å². The highest BCUT2D eigenvalue weighted by molar-refractivity contribution is 5.71. The van der Waals surface area contributed by atoms with Crippen molar-refractivity contribution in [3.05, 3.63) is 0 Å². The predicted octanol–water partition coefficient (Wildman–Crippen LogP) is 3.64. The van der Waals surface area contributed by atoms with Crippen molar-refractivity contribution in [2.75, 3.05) is 39.5 Å².